The molecule has 0 saturated carbocycles. The van der Waals surface area contributed by atoms with Gasteiger partial charge in [-0.2, -0.15) is 0 Å². The van der Waals surface area contributed by atoms with Crippen LogP contribution in [0.25, 0.3) is 0 Å². The summed E-state index contributed by atoms with van der Waals surface area (Å²) in [4.78, 5) is 2.32. The maximum atomic E-state index is 13.0. The molecule has 2 nitrogen and oxygen atoms in total. The molecule has 15 heavy (non-hydrogen) atoms. The van der Waals surface area contributed by atoms with Crippen LogP contribution < -0.4 is 5.73 Å². The van der Waals surface area contributed by atoms with Gasteiger partial charge in [-0.3, -0.25) is 4.90 Å². The Balaban J connectivity index is 2.02. The summed E-state index contributed by atoms with van der Waals surface area (Å²) in [6.07, 6.45) is 1.07. The average molecular weight is 208 g/mol. The van der Waals surface area contributed by atoms with E-state index < -0.39 is 0 Å². The van der Waals surface area contributed by atoms with Crippen LogP contribution in [0.3, 0.4) is 0 Å². The number of benzene rings is 1. The number of halogens is 1. The summed E-state index contributed by atoms with van der Waals surface area (Å²) in [6, 6.07) is 5.62. The van der Waals surface area contributed by atoms with E-state index in [1.807, 2.05) is 12.1 Å². The minimum absolute atomic E-state index is 0.128. The van der Waals surface area contributed by atoms with E-state index in [1.165, 1.54) is 5.56 Å². The van der Waals surface area contributed by atoms with E-state index in [0.29, 0.717) is 6.04 Å². The first-order valence-corrected chi connectivity index (χ1v) is 5.38. The minimum Gasteiger partial charge on any atom is -0.326 e. The molecule has 0 bridgehead atoms. The maximum absolute atomic E-state index is 13.0. The van der Waals surface area contributed by atoms with E-state index in [0.717, 1.165) is 31.6 Å². The Hall–Kier alpha value is -0.930. The van der Waals surface area contributed by atoms with Gasteiger partial charge in [0.05, 0.1) is 0 Å². The zero-order valence-corrected chi connectivity index (χ0v) is 9.04. The van der Waals surface area contributed by atoms with Gasteiger partial charge in [0.25, 0.3) is 0 Å². The molecule has 0 radical (unpaired) electrons. The highest BCUT2D eigenvalue weighted by molar-refractivity contribution is 5.23. The van der Waals surface area contributed by atoms with Crippen LogP contribution in [-0.2, 0) is 6.54 Å². The molecule has 0 unspecified atom stereocenters. The van der Waals surface area contributed by atoms with Gasteiger partial charge in [0.1, 0.15) is 5.82 Å². The monoisotopic (exact) mass is 208 g/mol. The van der Waals surface area contributed by atoms with Gasteiger partial charge in [0.15, 0.2) is 0 Å². The lowest BCUT2D eigenvalue weighted by molar-refractivity contribution is 0.326. The number of aryl methyl sites for hydroxylation is 1. The first kappa shape index (κ1) is 10.6. The van der Waals surface area contributed by atoms with E-state index in [9.17, 15) is 4.39 Å². The fourth-order valence-electron chi connectivity index (χ4n) is 2.07. The van der Waals surface area contributed by atoms with Crippen LogP contribution in [0.15, 0.2) is 18.2 Å². The van der Waals surface area contributed by atoms with Crippen molar-refractivity contribution in [3.8, 4) is 0 Å². The predicted molar refractivity (Wildman–Crippen MR) is 59.0 cm³/mol. The van der Waals surface area contributed by atoms with E-state index in [4.69, 9.17) is 5.73 Å². The largest absolute Gasteiger partial charge is 0.326 e. The number of hydrogen-bond donors (Lipinski definition) is 1. The molecule has 82 valence electrons. The zero-order chi connectivity index (χ0) is 10.8. The van der Waals surface area contributed by atoms with Crippen LogP contribution in [0.5, 0.6) is 0 Å². The molecule has 1 aromatic carbocycles. The third-order valence-corrected chi connectivity index (χ3v) is 2.94. The third kappa shape index (κ3) is 2.55. The lowest BCUT2D eigenvalue weighted by atomic mass is 10.1. The summed E-state index contributed by atoms with van der Waals surface area (Å²) in [6.45, 7) is 4.69. The van der Waals surface area contributed by atoms with Gasteiger partial charge in [-0.15, -0.1) is 0 Å². The molecule has 0 aliphatic carbocycles. The van der Waals surface area contributed by atoms with Crippen molar-refractivity contribution in [1.82, 2.24) is 4.90 Å². The van der Waals surface area contributed by atoms with Crippen molar-refractivity contribution in [1.29, 1.82) is 0 Å². The summed E-state index contributed by atoms with van der Waals surface area (Å²) in [5.41, 5.74) is 7.72. The molecule has 1 fully saturated rings. The highest BCUT2D eigenvalue weighted by Crippen LogP contribution is 2.14. The smallest absolute Gasteiger partial charge is 0.126 e. The second-order valence-electron chi connectivity index (χ2n) is 4.37. The molecule has 2 N–H and O–H groups in total. The van der Waals surface area contributed by atoms with Crippen molar-refractivity contribution < 1.29 is 4.39 Å². The van der Waals surface area contributed by atoms with Crippen molar-refractivity contribution in [2.75, 3.05) is 13.1 Å². The standard InChI is InChI=1S/C12H17FN2/c1-9-6-10(2-3-12(9)13)7-15-5-4-11(14)8-15/h2-3,6,11H,4-5,7-8,14H2,1H3/t11-/m1/s1. The average Bonchev–Trinajstić information content (AvgIpc) is 2.58. The second kappa shape index (κ2) is 4.29. The summed E-state index contributed by atoms with van der Waals surface area (Å²) in [5, 5.41) is 0. The fourth-order valence-corrected chi connectivity index (χ4v) is 2.07. The zero-order valence-electron chi connectivity index (χ0n) is 9.04. The fraction of sp³-hybridized carbons (Fsp3) is 0.500. The molecule has 1 heterocycles. The Bertz CT molecular complexity index is 351. The van der Waals surface area contributed by atoms with Gasteiger partial charge in [-0.25, -0.2) is 4.39 Å². The van der Waals surface area contributed by atoms with E-state index in [-0.39, 0.29) is 5.82 Å². The Kier molecular flexibility index (Phi) is 3.03. The SMILES string of the molecule is Cc1cc(CN2CC[C@@H](N)C2)ccc1F. The summed E-state index contributed by atoms with van der Waals surface area (Å²) >= 11 is 0. The van der Waals surface area contributed by atoms with Crippen LogP contribution in [0, 0.1) is 12.7 Å². The van der Waals surface area contributed by atoms with Crippen LogP contribution in [0.1, 0.15) is 17.5 Å². The van der Waals surface area contributed by atoms with Gasteiger partial charge in [0.2, 0.25) is 0 Å². The van der Waals surface area contributed by atoms with Gasteiger partial charge in [-0.1, -0.05) is 12.1 Å². The van der Waals surface area contributed by atoms with Crippen molar-refractivity contribution in [3.05, 3.63) is 35.1 Å². The highest BCUT2D eigenvalue weighted by atomic mass is 19.1. The van der Waals surface area contributed by atoms with Crippen LogP contribution in [0.2, 0.25) is 0 Å². The molecule has 0 amide bonds. The van der Waals surface area contributed by atoms with Crippen molar-refractivity contribution >= 4 is 0 Å². The Labute approximate surface area is 89.9 Å². The summed E-state index contributed by atoms with van der Waals surface area (Å²) in [5.74, 6) is -0.128. The van der Waals surface area contributed by atoms with Gasteiger partial charge >= 0.3 is 0 Å². The molecule has 2 rings (SSSR count). The van der Waals surface area contributed by atoms with Crippen LogP contribution in [-0.4, -0.2) is 24.0 Å². The highest BCUT2D eigenvalue weighted by Gasteiger charge is 2.18. The Morgan fingerprint density at radius 2 is 2.33 bits per heavy atom. The molecule has 3 heteroatoms. The van der Waals surface area contributed by atoms with Crippen molar-refractivity contribution in [2.45, 2.75) is 25.9 Å². The lowest BCUT2D eigenvalue weighted by Gasteiger charge is -2.15. The normalized spacial score (nSPS) is 22.2. The topological polar surface area (TPSA) is 29.3 Å². The molecule has 1 atom stereocenters. The van der Waals surface area contributed by atoms with Crippen LogP contribution in [0.4, 0.5) is 4.39 Å². The minimum atomic E-state index is -0.128. The third-order valence-electron chi connectivity index (χ3n) is 2.94. The van der Waals surface area contributed by atoms with Gasteiger partial charge in [-0.05, 0) is 30.5 Å². The van der Waals surface area contributed by atoms with Gasteiger partial charge in [0, 0.05) is 25.7 Å². The number of hydrogen-bond acceptors (Lipinski definition) is 2. The number of rotatable bonds is 2. The van der Waals surface area contributed by atoms with Crippen molar-refractivity contribution in [2.24, 2.45) is 5.73 Å². The summed E-state index contributed by atoms with van der Waals surface area (Å²) < 4.78 is 13.0. The Morgan fingerprint density at radius 1 is 1.53 bits per heavy atom. The maximum Gasteiger partial charge on any atom is 0.126 e. The van der Waals surface area contributed by atoms with E-state index in [1.54, 1.807) is 13.0 Å². The van der Waals surface area contributed by atoms with Crippen molar-refractivity contribution in [3.63, 3.8) is 0 Å². The van der Waals surface area contributed by atoms with E-state index in [2.05, 4.69) is 4.90 Å². The molecule has 1 aliphatic rings. The summed E-state index contributed by atoms with van der Waals surface area (Å²) in [7, 11) is 0. The molecule has 1 saturated heterocycles. The second-order valence-corrected chi connectivity index (χ2v) is 4.37. The van der Waals surface area contributed by atoms with Gasteiger partial charge < -0.3 is 5.73 Å². The number of likely N-dealkylation sites (tertiary alicyclic amines) is 1. The van der Waals surface area contributed by atoms with Crippen LogP contribution >= 0.6 is 0 Å². The molecule has 1 aliphatic heterocycles. The number of nitrogens with two attached hydrogens (primary N) is 1. The quantitative estimate of drug-likeness (QED) is 0.801. The predicted octanol–water partition coefficient (Wildman–Crippen LogP) is 1.67. The Morgan fingerprint density at radius 3 is 2.93 bits per heavy atom. The lowest BCUT2D eigenvalue weighted by Crippen LogP contribution is -2.26. The first-order valence-electron chi connectivity index (χ1n) is 5.38. The molecular weight excluding hydrogens is 191 g/mol. The molecule has 1 aromatic rings. The molecule has 0 spiro atoms. The molecular formula is C12H17FN2. The first-order chi connectivity index (χ1) is 7.15. The molecule has 0 aromatic heterocycles. The van der Waals surface area contributed by atoms with E-state index >= 15 is 0 Å². The number of nitrogens with zero attached hydrogens (tertiary/aromatic N) is 1.